The smallest absolute Gasteiger partial charge is 0.00619 e. The number of rotatable bonds is 8. The fraction of sp³-hybridized carbons (Fsp3) is 1.00. The van der Waals surface area contributed by atoms with Crippen LogP contribution in [0.1, 0.15) is 65.7 Å². The molecule has 0 heterocycles. The lowest BCUT2D eigenvalue weighted by atomic mass is 9.94. The Morgan fingerprint density at radius 3 is 2.15 bits per heavy atom. The SMILES string of the molecule is CCCCCCCC(C)C(N)CC. The highest BCUT2D eigenvalue weighted by molar-refractivity contribution is 4.66. The molecule has 0 spiro atoms. The highest BCUT2D eigenvalue weighted by Crippen LogP contribution is 2.14. The van der Waals surface area contributed by atoms with Gasteiger partial charge < -0.3 is 5.73 Å². The molecule has 2 atom stereocenters. The molecule has 0 aromatic carbocycles. The number of nitrogens with two attached hydrogens (primary N) is 1. The molecule has 0 saturated carbocycles. The standard InChI is InChI=1S/C12H27N/c1-4-6-7-8-9-10-11(3)12(13)5-2/h11-12H,4-10,13H2,1-3H3. The van der Waals surface area contributed by atoms with Crippen molar-refractivity contribution in [2.45, 2.75) is 71.8 Å². The zero-order valence-corrected chi connectivity index (χ0v) is 9.68. The molecule has 0 rings (SSSR count). The van der Waals surface area contributed by atoms with Crippen molar-refractivity contribution in [3.8, 4) is 0 Å². The van der Waals surface area contributed by atoms with Crippen LogP contribution in [0.5, 0.6) is 0 Å². The average Bonchev–Trinajstić information content (AvgIpc) is 2.16. The molecule has 0 fully saturated rings. The predicted octanol–water partition coefficient (Wildman–Crippen LogP) is 3.72. The van der Waals surface area contributed by atoms with Crippen LogP contribution in [0.4, 0.5) is 0 Å². The zero-order valence-electron chi connectivity index (χ0n) is 9.68. The first kappa shape index (κ1) is 13.0. The lowest BCUT2D eigenvalue weighted by Gasteiger charge is -2.17. The van der Waals surface area contributed by atoms with E-state index in [4.69, 9.17) is 5.73 Å². The van der Waals surface area contributed by atoms with Crippen molar-refractivity contribution in [1.82, 2.24) is 0 Å². The van der Waals surface area contributed by atoms with Crippen LogP contribution in [0.25, 0.3) is 0 Å². The van der Waals surface area contributed by atoms with Crippen LogP contribution in [-0.2, 0) is 0 Å². The highest BCUT2D eigenvalue weighted by Gasteiger charge is 2.09. The molecule has 0 saturated heterocycles. The Hall–Kier alpha value is -0.0400. The van der Waals surface area contributed by atoms with Crippen LogP contribution in [0.2, 0.25) is 0 Å². The van der Waals surface area contributed by atoms with Crippen LogP contribution >= 0.6 is 0 Å². The van der Waals surface area contributed by atoms with Crippen LogP contribution < -0.4 is 5.73 Å². The van der Waals surface area contributed by atoms with E-state index in [0.717, 1.165) is 6.42 Å². The van der Waals surface area contributed by atoms with E-state index in [1.165, 1.54) is 38.5 Å². The summed E-state index contributed by atoms with van der Waals surface area (Å²) in [6.45, 7) is 6.72. The van der Waals surface area contributed by atoms with E-state index in [9.17, 15) is 0 Å². The lowest BCUT2D eigenvalue weighted by molar-refractivity contribution is 0.397. The summed E-state index contributed by atoms with van der Waals surface area (Å²) in [5.74, 6) is 0.714. The van der Waals surface area contributed by atoms with Crippen molar-refractivity contribution >= 4 is 0 Å². The van der Waals surface area contributed by atoms with E-state index in [1.54, 1.807) is 0 Å². The van der Waals surface area contributed by atoms with Gasteiger partial charge in [0.2, 0.25) is 0 Å². The third-order valence-corrected chi connectivity index (χ3v) is 2.97. The second kappa shape index (κ2) is 8.55. The Kier molecular flexibility index (Phi) is 8.53. The summed E-state index contributed by atoms with van der Waals surface area (Å²) in [6, 6.07) is 0.422. The number of hydrogen-bond acceptors (Lipinski definition) is 1. The van der Waals surface area contributed by atoms with Gasteiger partial charge >= 0.3 is 0 Å². The van der Waals surface area contributed by atoms with Gasteiger partial charge in [0, 0.05) is 6.04 Å². The molecule has 0 aliphatic heterocycles. The van der Waals surface area contributed by atoms with Crippen molar-refractivity contribution < 1.29 is 0 Å². The van der Waals surface area contributed by atoms with E-state index in [-0.39, 0.29) is 0 Å². The average molecular weight is 185 g/mol. The van der Waals surface area contributed by atoms with E-state index in [2.05, 4.69) is 20.8 Å². The Bertz CT molecular complexity index is 101. The summed E-state index contributed by atoms with van der Waals surface area (Å²) < 4.78 is 0. The van der Waals surface area contributed by atoms with E-state index >= 15 is 0 Å². The second-order valence-corrected chi connectivity index (χ2v) is 4.25. The van der Waals surface area contributed by atoms with E-state index in [1.807, 2.05) is 0 Å². The molecule has 1 nitrogen and oxygen atoms in total. The van der Waals surface area contributed by atoms with Crippen molar-refractivity contribution in [3.63, 3.8) is 0 Å². The number of hydrogen-bond donors (Lipinski definition) is 1. The largest absolute Gasteiger partial charge is 0.327 e. The first-order chi connectivity index (χ1) is 6.22. The summed E-state index contributed by atoms with van der Waals surface area (Å²) >= 11 is 0. The zero-order chi connectivity index (χ0) is 10.1. The maximum absolute atomic E-state index is 5.96. The molecule has 0 aliphatic carbocycles. The molecule has 0 amide bonds. The molecule has 0 aliphatic rings. The van der Waals surface area contributed by atoms with Gasteiger partial charge in [-0.25, -0.2) is 0 Å². The Morgan fingerprint density at radius 2 is 1.62 bits per heavy atom. The third kappa shape index (κ3) is 7.06. The first-order valence-electron chi connectivity index (χ1n) is 5.97. The molecule has 2 unspecified atom stereocenters. The molecule has 0 aromatic rings. The van der Waals surface area contributed by atoms with Gasteiger partial charge in [-0.15, -0.1) is 0 Å². The minimum Gasteiger partial charge on any atom is -0.327 e. The van der Waals surface area contributed by atoms with Crippen LogP contribution in [-0.4, -0.2) is 6.04 Å². The monoisotopic (exact) mass is 185 g/mol. The summed E-state index contributed by atoms with van der Waals surface area (Å²) in [4.78, 5) is 0. The highest BCUT2D eigenvalue weighted by atomic mass is 14.6. The van der Waals surface area contributed by atoms with Crippen molar-refractivity contribution in [2.75, 3.05) is 0 Å². The van der Waals surface area contributed by atoms with Gasteiger partial charge in [0.1, 0.15) is 0 Å². The predicted molar refractivity (Wildman–Crippen MR) is 60.8 cm³/mol. The molecule has 0 radical (unpaired) electrons. The van der Waals surface area contributed by atoms with Gasteiger partial charge in [-0.05, 0) is 18.8 Å². The molecular weight excluding hydrogens is 158 g/mol. The summed E-state index contributed by atoms with van der Waals surface area (Å²) in [5, 5.41) is 0. The number of unbranched alkanes of at least 4 members (excludes halogenated alkanes) is 4. The van der Waals surface area contributed by atoms with E-state index < -0.39 is 0 Å². The minimum atomic E-state index is 0.422. The van der Waals surface area contributed by atoms with Gasteiger partial charge in [-0.2, -0.15) is 0 Å². The summed E-state index contributed by atoms with van der Waals surface area (Å²) in [5.41, 5.74) is 5.96. The lowest BCUT2D eigenvalue weighted by Crippen LogP contribution is -2.27. The molecule has 0 bridgehead atoms. The molecule has 2 N–H and O–H groups in total. The fourth-order valence-corrected chi connectivity index (χ4v) is 1.69. The summed E-state index contributed by atoms with van der Waals surface area (Å²) in [6.07, 6.45) is 9.35. The van der Waals surface area contributed by atoms with Crippen molar-refractivity contribution in [2.24, 2.45) is 11.7 Å². The van der Waals surface area contributed by atoms with Gasteiger partial charge in [0.05, 0.1) is 0 Å². The molecule has 80 valence electrons. The normalized spacial score (nSPS) is 15.7. The third-order valence-electron chi connectivity index (χ3n) is 2.97. The minimum absolute atomic E-state index is 0.422. The molecule has 0 aromatic heterocycles. The Labute approximate surface area is 84.1 Å². The van der Waals surface area contributed by atoms with Gasteiger partial charge in [0.25, 0.3) is 0 Å². The Morgan fingerprint density at radius 1 is 1.00 bits per heavy atom. The van der Waals surface area contributed by atoms with Crippen LogP contribution in [0.15, 0.2) is 0 Å². The van der Waals surface area contributed by atoms with Crippen molar-refractivity contribution in [3.05, 3.63) is 0 Å². The van der Waals surface area contributed by atoms with E-state index in [0.29, 0.717) is 12.0 Å². The van der Waals surface area contributed by atoms with Gasteiger partial charge in [0.15, 0.2) is 0 Å². The fourth-order valence-electron chi connectivity index (χ4n) is 1.69. The molecular formula is C12H27N. The maximum atomic E-state index is 5.96. The second-order valence-electron chi connectivity index (χ2n) is 4.25. The van der Waals surface area contributed by atoms with Crippen LogP contribution in [0.3, 0.4) is 0 Å². The Balaban J connectivity index is 3.21. The van der Waals surface area contributed by atoms with Crippen molar-refractivity contribution in [1.29, 1.82) is 0 Å². The summed E-state index contributed by atoms with van der Waals surface area (Å²) in [7, 11) is 0. The quantitative estimate of drug-likeness (QED) is 0.573. The molecule has 1 heteroatoms. The van der Waals surface area contributed by atoms with Crippen LogP contribution in [0, 0.1) is 5.92 Å². The van der Waals surface area contributed by atoms with Gasteiger partial charge in [-0.1, -0.05) is 52.9 Å². The van der Waals surface area contributed by atoms with Gasteiger partial charge in [-0.3, -0.25) is 0 Å². The first-order valence-corrected chi connectivity index (χ1v) is 5.97. The maximum Gasteiger partial charge on any atom is 0.00619 e. The molecule has 13 heavy (non-hydrogen) atoms. The topological polar surface area (TPSA) is 26.0 Å².